The van der Waals surface area contributed by atoms with E-state index in [1.807, 2.05) is 37.1 Å². The molecule has 0 radical (unpaired) electrons. The number of hydrogen-bond donors (Lipinski definition) is 0. The Morgan fingerprint density at radius 1 is 1.43 bits per heavy atom. The highest BCUT2D eigenvalue weighted by molar-refractivity contribution is 7.17. The minimum Gasteiger partial charge on any atom is -0.338 e. The van der Waals surface area contributed by atoms with Crippen LogP contribution in [-0.2, 0) is 0 Å². The summed E-state index contributed by atoms with van der Waals surface area (Å²) in [7, 11) is 1.89. The first kappa shape index (κ1) is 14.2. The Morgan fingerprint density at radius 2 is 2.19 bits per heavy atom. The summed E-state index contributed by atoms with van der Waals surface area (Å²) >= 11 is 1.43. The van der Waals surface area contributed by atoms with E-state index in [-0.39, 0.29) is 5.91 Å². The molecule has 2 heterocycles. The monoisotopic (exact) mass is 301 g/mol. The lowest BCUT2D eigenvalue weighted by molar-refractivity contribution is 0.0731. The SMILES string of the molecule is Cc1nc(-c2ccccn2)sc1C(=O)N(C)C(C)C1CC1. The summed E-state index contributed by atoms with van der Waals surface area (Å²) in [6.07, 6.45) is 4.22. The van der Waals surface area contributed by atoms with E-state index in [1.54, 1.807) is 6.20 Å². The Hall–Kier alpha value is -1.75. The number of carbonyl (C=O) groups excluding carboxylic acids is 1. The quantitative estimate of drug-likeness (QED) is 0.869. The average molecular weight is 301 g/mol. The number of pyridine rings is 1. The van der Waals surface area contributed by atoms with Gasteiger partial charge in [0.25, 0.3) is 5.91 Å². The fourth-order valence-corrected chi connectivity index (χ4v) is 3.46. The van der Waals surface area contributed by atoms with Gasteiger partial charge in [-0.25, -0.2) is 4.98 Å². The standard InChI is InChI=1S/C16H19N3OS/c1-10-14(16(20)19(3)11(2)12-7-8-12)21-15(18-10)13-6-4-5-9-17-13/h4-6,9,11-12H,7-8H2,1-3H3. The first-order valence-electron chi connectivity index (χ1n) is 7.24. The van der Waals surface area contributed by atoms with Crippen molar-refractivity contribution in [2.24, 2.45) is 5.92 Å². The van der Waals surface area contributed by atoms with Crippen LogP contribution in [-0.4, -0.2) is 33.9 Å². The van der Waals surface area contributed by atoms with E-state index < -0.39 is 0 Å². The summed E-state index contributed by atoms with van der Waals surface area (Å²) in [5.74, 6) is 0.744. The van der Waals surface area contributed by atoms with Gasteiger partial charge in [0.05, 0.1) is 11.4 Å². The maximum Gasteiger partial charge on any atom is 0.265 e. The van der Waals surface area contributed by atoms with Crippen LogP contribution in [0.3, 0.4) is 0 Å². The molecule has 1 aliphatic rings. The molecule has 1 aliphatic carbocycles. The Kier molecular flexibility index (Phi) is 3.76. The van der Waals surface area contributed by atoms with Gasteiger partial charge in [0.2, 0.25) is 0 Å². The molecule has 1 fully saturated rings. The Labute approximate surface area is 128 Å². The summed E-state index contributed by atoms with van der Waals surface area (Å²) in [5.41, 5.74) is 1.61. The van der Waals surface area contributed by atoms with E-state index in [4.69, 9.17) is 0 Å². The molecule has 0 aromatic carbocycles. The highest BCUT2D eigenvalue weighted by Crippen LogP contribution is 2.36. The molecule has 1 saturated carbocycles. The van der Waals surface area contributed by atoms with Crippen LogP contribution < -0.4 is 0 Å². The topological polar surface area (TPSA) is 46.1 Å². The molecule has 2 aromatic rings. The van der Waals surface area contributed by atoms with E-state index in [1.165, 1.54) is 24.2 Å². The van der Waals surface area contributed by atoms with Gasteiger partial charge < -0.3 is 4.90 Å². The second kappa shape index (κ2) is 5.56. The molecule has 0 N–H and O–H groups in total. The predicted octanol–water partition coefficient (Wildman–Crippen LogP) is 3.38. The average Bonchev–Trinajstić information content (AvgIpc) is 3.28. The number of nitrogens with zero attached hydrogens (tertiary/aromatic N) is 3. The second-order valence-corrected chi connectivity index (χ2v) is 6.64. The zero-order valence-electron chi connectivity index (χ0n) is 12.5. The van der Waals surface area contributed by atoms with Crippen molar-refractivity contribution in [3.8, 4) is 10.7 Å². The zero-order chi connectivity index (χ0) is 15.0. The highest BCUT2D eigenvalue weighted by atomic mass is 32.1. The number of hydrogen-bond acceptors (Lipinski definition) is 4. The maximum atomic E-state index is 12.7. The van der Waals surface area contributed by atoms with Gasteiger partial charge in [0.1, 0.15) is 9.88 Å². The summed E-state index contributed by atoms with van der Waals surface area (Å²) in [6.45, 7) is 4.03. The van der Waals surface area contributed by atoms with Crippen molar-refractivity contribution >= 4 is 17.2 Å². The van der Waals surface area contributed by atoms with Gasteiger partial charge in [-0.1, -0.05) is 6.07 Å². The van der Waals surface area contributed by atoms with Gasteiger partial charge >= 0.3 is 0 Å². The van der Waals surface area contributed by atoms with Crippen LogP contribution in [0, 0.1) is 12.8 Å². The molecule has 5 heteroatoms. The van der Waals surface area contributed by atoms with Crippen LogP contribution >= 0.6 is 11.3 Å². The Morgan fingerprint density at radius 3 is 2.81 bits per heavy atom. The van der Waals surface area contributed by atoms with Crippen molar-refractivity contribution < 1.29 is 4.79 Å². The molecule has 0 bridgehead atoms. The summed E-state index contributed by atoms with van der Waals surface area (Å²) in [5, 5.41) is 0.809. The number of carbonyl (C=O) groups is 1. The molecule has 21 heavy (non-hydrogen) atoms. The van der Waals surface area contributed by atoms with Gasteiger partial charge in [-0.15, -0.1) is 11.3 Å². The lowest BCUT2D eigenvalue weighted by Crippen LogP contribution is -2.36. The van der Waals surface area contributed by atoms with Crippen LogP contribution in [0.1, 0.15) is 35.1 Å². The van der Waals surface area contributed by atoms with Crippen molar-refractivity contribution in [3.05, 3.63) is 35.0 Å². The summed E-state index contributed by atoms with van der Waals surface area (Å²) in [6, 6.07) is 6.03. The summed E-state index contributed by atoms with van der Waals surface area (Å²) in [4.78, 5) is 24.1. The van der Waals surface area contributed by atoms with Crippen molar-refractivity contribution in [1.82, 2.24) is 14.9 Å². The highest BCUT2D eigenvalue weighted by Gasteiger charge is 2.33. The van der Waals surface area contributed by atoms with Crippen molar-refractivity contribution in [1.29, 1.82) is 0 Å². The minimum absolute atomic E-state index is 0.0755. The molecule has 3 rings (SSSR count). The Bertz CT molecular complexity index is 649. The van der Waals surface area contributed by atoms with Crippen LogP contribution in [0.15, 0.2) is 24.4 Å². The van der Waals surface area contributed by atoms with Crippen LogP contribution in [0.4, 0.5) is 0 Å². The lowest BCUT2D eigenvalue weighted by atomic mass is 10.2. The molecule has 2 aromatic heterocycles. The summed E-state index contributed by atoms with van der Waals surface area (Å²) < 4.78 is 0. The number of aryl methyl sites for hydroxylation is 1. The maximum absolute atomic E-state index is 12.7. The second-order valence-electron chi connectivity index (χ2n) is 5.64. The molecular formula is C16H19N3OS. The number of thiazole rings is 1. The smallest absolute Gasteiger partial charge is 0.265 e. The van der Waals surface area contributed by atoms with Gasteiger partial charge in [-0.3, -0.25) is 9.78 Å². The van der Waals surface area contributed by atoms with E-state index in [0.29, 0.717) is 12.0 Å². The van der Waals surface area contributed by atoms with E-state index in [2.05, 4.69) is 16.9 Å². The zero-order valence-corrected chi connectivity index (χ0v) is 13.4. The first-order chi connectivity index (χ1) is 10.1. The number of rotatable bonds is 4. The van der Waals surface area contributed by atoms with Crippen molar-refractivity contribution in [3.63, 3.8) is 0 Å². The molecule has 4 nitrogen and oxygen atoms in total. The largest absolute Gasteiger partial charge is 0.338 e. The molecule has 0 aliphatic heterocycles. The van der Waals surface area contributed by atoms with Crippen LogP contribution in [0.5, 0.6) is 0 Å². The van der Waals surface area contributed by atoms with Gasteiger partial charge in [0.15, 0.2) is 0 Å². The van der Waals surface area contributed by atoms with E-state index >= 15 is 0 Å². The molecular weight excluding hydrogens is 282 g/mol. The fourth-order valence-electron chi connectivity index (χ4n) is 2.43. The van der Waals surface area contributed by atoms with Crippen LogP contribution in [0.2, 0.25) is 0 Å². The van der Waals surface area contributed by atoms with Gasteiger partial charge in [-0.2, -0.15) is 0 Å². The van der Waals surface area contributed by atoms with E-state index in [9.17, 15) is 4.79 Å². The minimum atomic E-state index is 0.0755. The lowest BCUT2D eigenvalue weighted by Gasteiger charge is -2.24. The van der Waals surface area contributed by atoms with Crippen molar-refractivity contribution in [2.75, 3.05) is 7.05 Å². The molecule has 110 valence electrons. The molecule has 1 amide bonds. The fraction of sp³-hybridized carbons (Fsp3) is 0.438. The normalized spacial score (nSPS) is 15.8. The third-order valence-corrected chi connectivity index (χ3v) is 5.28. The van der Waals surface area contributed by atoms with Gasteiger partial charge in [0, 0.05) is 19.3 Å². The first-order valence-corrected chi connectivity index (χ1v) is 8.05. The van der Waals surface area contributed by atoms with E-state index in [0.717, 1.165) is 21.3 Å². The van der Waals surface area contributed by atoms with Crippen molar-refractivity contribution in [2.45, 2.75) is 32.7 Å². The molecule has 0 spiro atoms. The Balaban J connectivity index is 1.85. The predicted molar refractivity (Wildman–Crippen MR) is 84.4 cm³/mol. The molecule has 0 saturated heterocycles. The third kappa shape index (κ3) is 2.83. The number of amides is 1. The third-order valence-electron chi connectivity index (χ3n) is 4.11. The van der Waals surface area contributed by atoms with Crippen LogP contribution in [0.25, 0.3) is 10.7 Å². The van der Waals surface area contributed by atoms with Gasteiger partial charge in [-0.05, 0) is 44.7 Å². The molecule has 1 unspecified atom stereocenters. The number of aromatic nitrogens is 2. The molecule has 1 atom stereocenters.